The molecule has 0 bridgehead atoms. The summed E-state index contributed by atoms with van der Waals surface area (Å²) >= 11 is 4.84. The number of carbonyl (C=O) groups excluding carboxylic acids is 2. The Hall–Kier alpha value is -1.96. The van der Waals surface area contributed by atoms with Gasteiger partial charge in [0.05, 0.1) is 10.9 Å². The van der Waals surface area contributed by atoms with E-state index in [0.717, 1.165) is 16.3 Å². The van der Waals surface area contributed by atoms with Gasteiger partial charge in [-0.1, -0.05) is 0 Å². The number of nitrogens with one attached hydrogen (secondary N) is 1. The van der Waals surface area contributed by atoms with Crippen LogP contribution in [0.5, 0.6) is 0 Å². The second-order valence-electron chi connectivity index (χ2n) is 5.73. The topological polar surface area (TPSA) is 59.1 Å². The number of hydrogen-bond donors (Lipinski definition) is 1. The van der Waals surface area contributed by atoms with Crippen LogP contribution in [0.15, 0.2) is 46.5 Å². The van der Waals surface area contributed by atoms with E-state index in [1.807, 2.05) is 17.7 Å². The van der Waals surface area contributed by atoms with Crippen molar-refractivity contribution in [2.24, 2.45) is 0 Å². The zero-order valence-electron chi connectivity index (χ0n) is 14.4. The molecule has 0 aliphatic heterocycles. The van der Waals surface area contributed by atoms with Gasteiger partial charge >= 0.3 is 0 Å². The van der Waals surface area contributed by atoms with Gasteiger partial charge in [0.1, 0.15) is 5.01 Å². The Kier molecular flexibility index (Phi) is 6.24. The third-order valence-electron chi connectivity index (χ3n) is 3.73. The predicted molar refractivity (Wildman–Crippen MR) is 111 cm³/mol. The smallest absolute Gasteiger partial charge is 0.237 e. The molecule has 0 fully saturated rings. The lowest BCUT2D eigenvalue weighted by Gasteiger charge is -2.11. The van der Waals surface area contributed by atoms with Gasteiger partial charge in [-0.25, -0.2) is 4.98 Å². The van der Waals surface area contributed by atoms with Gasteiger partial charge in [-0.15, -0.1) is 23.1 Å². The van der Waals surface area contributed by atoms with Gasteiger partial charge in [-0.2, -0.15) is 11.3 Å². The van der Waals surface area contributed by atoms with E-state index in [2.05, 4.69) is 21.7 Å². The third-order valence-corrected chi connectivity index (χ3v) is 6.53. The first-order chi connectivity index (χ1) is 12.5. The standard InChI is InChI=1S/C19H18N2O2S3/c1-12(22)14-3-5-16(6-4-14)20-18(23)13(2)25-10-17-11-26-19(21-17)15-7-8-24-9-15/h3-9,11,13H,10H2,1-2H3,(H,20,23)/t13-/m0/s1. The monoisotopic (exact) mass is 402 g/mol. The van der Waals surface area contributed by atoms with E-state index in [1.54, 1.807) is 58.7 Å². The molecule has 0 saturated heterocycles. The summed E-state index contributed by atoms with van der Waals surface area (Å²) in [5.74, 6) is 0.647. The molecular weight excluding hydrogens is 384 g/mol. The molecule has 7 heteroatoms. The summed E-state index contributed by atoms with van der Waals surface area (Å²) in [5.41, 5.74) is 3.47. The molecular formula is C19H18N2O2S3. The van der Waals surface area contributed by atoms with E-state index < -0.39 is 0 Å². The number of aromatic nitrogens is 1. The number of thiophene rings is 1. The van der Waals surface area contributed by atoms with Crippen LogP contribution in [0.1, 0.15) is 29.9 Å². The van der Waals surface area contributed by atoms with Gasteiger partial charge in [0.15, 0.2) is 5.78 Å². The second-order valence-corrected chi connectivity index (χ2v) is 8.70. The van der Waals surface area contributed by atoms with Crippen molar-refractivity contribution in [2.45, 2.75) is 24.9 Å². The molecule has 2 heterocycles. The van der Waals surface area contributed by atoms with Gasteiger partial charge in [-0.05, 0) is 49.6 Å². The first kappa shape index (κ1) is 18.8. The zero-order valence-corrected chi connectivity index (χ0v) is 16.8. The molecule has 134 valence electrons. The number of thiazole rings is 1. The van der Waals surface area contributed by atoms with E-state index >= 15 is 0 Å². The van der Waals surface area contributed by atoms with Crippen LogP contribution < -0.4 is 5.32 Å². The Morgan fingerprint density at radius 2 is 1.96 bits per heavy atom. The SMILES string of the molecule is CC(=O)c1ccc(NC(=O)[C@H](C)SCc2csc(-c3ccsc3)n2)cc1. The Morgan fingerprint density at radius 3 is 2.62 bits per heavy atom. The van der Waals surface area contributed by atoms with Crippen LogP contribution in [-0.2, 0) is 10.5 Å². The number of anilines is 1. The van der Waals surface area contributed by atoms with Crippen molar-refractivity contribution in [1.82, 2.24) is 4.98 Å². The van der Waals surface area contributed by atoms with Gasteiger partial charge in [-0.3, -0.25) is 9.59 Å². The summed E-state index contributed by atoms with van der Waals surface area (Å²) in [6, 6.07) is 9.00. The van der Waals surface area contributed by atoms with E-state index in [1.165, 1.54) is 6.92 Å². The fourth-order valence-corrected chi connectivity index (χ4v) is 4.63. The fourth-order valence-electron chi connectivity index (χ4n) is 2.21. The highest BCUT2D eigenvalue weighted by Crippen LogP contribution is 2.28. The van der Waals surface area contributed by atoms with Crippen LogP contribution >= 0.6 is 34.4 Å². The second kappa shape index (κ2) is 8.62. The fraction of sp³-hybridized carbons (Fsp3) is 0.211. The number of hydrogen-bond acceptors (Lipinski definition) is 6. The Labute approximate surface area is 164 Å². The minimum atomic E-state index is -0.200. The molecule has 1 atom stereocenters. The van der Waals surface area contributed by atoms with Crippen molar-refractivity contribution >= 4 is 51.8 Å². The molecule has 0 radical (unpaired) electrons. The van der Waals surface area contributed by atoms with E-state index in [4.69, 9.17) is 0 Å². The quantitative estimate of drug-likeness (QED) is 0.542. The highest BCUT2D eigenvalue weighted by molar-refractivity contribution is 7.99. The largest absolute Gasteiger partial charge is 0.325 e. The summed E-state index contributed by atoms with van der Waals surface area (Å²) in [7, 11) is 0. The molecule has 1 aromatic carbocycles. The summed E-state index contributed by atoms with van der Waals surface area (Å²) in [4.78, 5) is 28.3. The lowest BCUT2D eigenvalue weighted by atomic mass is 10.1. The number of rotatable bonds is 7. The first-order valence-corrected chi connectivity index (χ1v) is 10.9. The van der Waals surface area contributed by atoms with Crippen molar-refractivity contribution < 1.29 is 9.59 Å². The molecule has 0 aliphatic carbocycles. The maximum absolute atomic E-state index is 12.3. The van der Waals surface area contributed by atoms with Crippen LogP contribution in [0.3, 0.4) is 0 Å². The van der Waals surface area contributed by atoms with Crippen molar-refractivity contribution in [3.05, 3.63) is 57.7 Å². The number of ketones is 1. The van der Waals surface area contributed by atoms with Gasteiger partial charge in [0, 0.05) is 33.3 Å². The minimum Gasteiger partial charge on any atom is -0.325 e. The first-order valence-electron chi connectivity index (χ1n) is 8.03. The van der Waals surface area contributed by atoms with Crippen molar-refractivity contribution in [3.63, 3.8) is 0 Å². The molecule has 3 aromatic rings. The Morgan fingerprint density at radius 1 is 1.19 bits per heavy atom. The molecule has 1 amide bonds. The number of carbonyl (C=O) groups is 2. The predicted octanol–water partition coefficient (Wildman–Crippen LogP) is 5.33. The van der Waals surface area contributed by atoms with Crippen LogP contribution in [0.2, 0.25) is 0 Å². The molecule has 0 aliphatic rings. The summed E-state index contributed by atoms with van der Waals surface area (Å²) < 4.78 is 0. The zero-order chi connectivity index (χ0) is 18.5. The highest BCUT2D eigenvalue weighted by atomic mass is 32.2. The average molecular weight is 403 g/mol. The van der Waals surface area contributed by atoms with Crippen LogP contribution in [0, 0.1) is 0 Å². The third kappa shape index (κ3) is 4.81. The summed E-state index contributed by atoms with van der Waals surface area (Å²) in [5, 5.41) is 9.88. The molecule has 0 saturated carbocycles. The number of benzene rings is 1. The normalized spacial score (nSPS) is 11.9. The van der Waals surface area contributed by atoms with Crippen LogP contribution in [0.25, 0.3) is 10.6 Å². The molecule has 4 nitrogen and oxygen atoms in total. The summed E-state index contributed by atoms with van der Waals surface area (Å²) in [6.07, 6.45) is 0. The molecule has 3 rings (SSSR count). The van der Waals surface area contributed by atoms with Crippen LogP contribution in [-0.4, -0.2) is 21.9 Å². The number of amides is 1. The molecule has 1 N–H and O–H groups in total. The van der Waals surface area contributed by atoms with Crippen molar-refractivity contribution in [2.75, 3.05) is 5.32 Å². The molecule has 0 unspecified atom stereocenters. The number of Topliss-reactive ketones (excluding diaryl/α,β-unsaturated/α-hetero) is 1. The Bertz CT molecular complexity index is 886. The van der Waals surface area contributed by atoms with Crippen molar-refractivity contribution in [1.29, 1.82) is 0 Å². The Balaban J connectivity index is 1.52. The average Bonchev–Trinajstić information content (AvgIpc) is 3.31. The van der Waals surface area contributed by atoms with Gasteiger partial charge in [0.25, 0.3) is 0 Å². The highest BCUT2D eigenvalue weighted by Gasteiger charge is 2.15. The maximum Gasteiger partial charge on any atom is 0.237 e. The minimum absolute atomic E-state index is 0.0110. The van der Waals surface area contributed by atoms with Crippen molar-refractivity contribution in [3.8, 4) is 10.6 Å². The summed E-state index contributed by atoms with van der Waals surface area (Å²) in [6.45, 7) is 3.41. The van der Waals surface area contributed by atoms with Crippen LogP contribution in [0.4, 0.5) is 5.69 Å². The van der Waals surface area contributed by atoms with E-state index in [0.29, 0.717) is 17.0 Å². The molecule has 2 aromatic heterocycles. The number of thioether (sulfide) groups is 1. The van der Waals surface area contributed by atoms with Gasteiger partial charge in [0.2, 0.25) is 5.91 Å². The maximum atomic E-state index is 12.3. The lowest BCUT2D eigenvalue weighted by Crippen LogP contribution is -2.22. The van der Waals surface area contributed by atoms with E-state index in [-0.39, 0.29) is 16.9 Å². The van der Waals surface area contributed by atoms with Gasteiger partial charge < -0.3 is 5.32 Å². The molecule has 26 heavy (non-hydrogen) atoms. The lowest BCUT2D eigenvalue weighted by molar-refractivity contribution is -0.115. The van der Waals surface area contributed by atoms with E-state index in [9.17, 15) is 9.59 Å². The number of nitrogens with zero attached hydrogens (tertiary/aromatic N) is 1. The molecule has 0 spiro atoms.